The van der Waals surface area contributed by atoms with Crippen molar-refractivity contribution in [3.8, 4) is 0 Å². The molecule has 2 rings (SSSR count). The summed E-state index contributed by atoms with van der Waals surface area (Å²) in [6.07, 6.45) is 1.26. The van der Waals surface area contributed by atoms with Crippen molar-refractivity contribution in [2.75, 3.05) is 11.5 Å². The number of carbonyl (C=O) groups is 1. The topological polar surface area (TPSA) is 119 Å². The van der Waals surface area contributed by atoms with Gasteiger partial charge in [-0.25, -0.2) is 13.4 Å². The van der Waals surface area contributed by atoms with Crippen LogP contribution in [-0.2, 0) is 9.84 Å². The molecule has 2 heterocycles. The van der Waals surface area contributed by atoms with Gasteiger partial charge in [0, 0.05) is 12.1 Å². The van der Waals surface area contributed by atoms with E-state index in [1.165, 1.54) is 0 Å². The molecule has 1 aromatic rings. The number of hydrogen-bond acceptors (Lipinski definition) is 6. The number of amides is 1. The molecule has 10 heteroatoms. The molecular formula is C10H10ClN3O5S. The van der Waals surface area contributed by atoms with Crippen molar-refractivity contribution in [2.24, 2.45) is 0 Å². The SMILES string of the molecule is O=C(NC1CCS(=O)(=O)C1)c1cc([N+](=O)[O-])cnc1Cl. The molecule has 1 aromatic heterocycles. The lowest BCUT2D eigenvalue weighted by Gasteiger charge is -2.11. The predicted molar refractivity (Wildman–Crippen MR) is 70.4 cm³/mol. The van der Waals surface area contributed by atoms with Gasteiger partial charge < -0.3 is 5.32 Å². The van der Waals surface area contributed by atoms with E-state index in [4.69, 9.17) is 11.6 Å². The highest BCUT2D eigenvalue weighted by Crippen LogP contribution is 2.20. The Morgan fingerprint density at radius 3 is 2.80 bits per heavy atom. The number of hydrogen-bond donors (Lipinski definition) is 1. The predicted octanol–water partition coefficient (Wildman–Crippen LogP) is 0.560. The van der Waals surface area contributed by atoms with Crippen molar-refractivity contribution >= 4 is 33.0 Å². The van der Waals surface area contributed by atoms with E-state index < -0.39 is 26.7 Å². The number of nitro groups is 1. The minimum absolute atomic E-state index is 0.0128. The molecule has 1 amide bonds. The van der Waals surface area contributed by atoms with Crippen LogP contribution in [0, 0.1) is 10.1 Å². The Hall–Kier alpha value is -1.74. The molecule has 20 heavy (non-hydrogen) atoms. The maximum absolute atomic E-state index is 12.0. The van der Waals surface area contributed by atoms with Crippen molar-refractivity contribution in [1.29, 1.82) is 0 Å². The molecule has 1 unspecified atom stereocenters. The number of halogens is 1. The largest absolute Gasteiger partial charge is 0.348 e. The van der Waals surface area contributed by atoms with Gasteiger partial charge in [0.2, 0.25) is 0 Å². The average molecular weight is 320 g/mol. The van der Waals surface area contributed by atoms with E-state index in [0.29, 0.717) is 6.42 Å². The van der Waals surface area contributed by atoms with E-state index in [0.717, 1.165) is 12.3 Å². The van der Waals surface area contributed by atoms with Crippen LogP contribution >= 0.6 is 11.6 Å². The van der Waals surface area contributed by atoms with Crippen molar-refractivity contribution in [1.82, 2.24) is 10.3 Å². The Kier molecular flexibility index (Phi) is 3.91. The van der Waals surface area contributed by atoms with E-state index in [-0.39, 0.29) is 27.9 Å². The standard InChI is InChI=1S/C10H10ClN3O5S/c11-9-8(3-7(4-12-9)14(16)17)10(15)13-6-1-2-20(18,19)5-6/h3-4,6H,1-2,5H2,(H,13,15). The number of pyridine rings is 1. The second-order valence-electron chi connectivity index (χ2n) is 4.36. The summed E-state index contributed by atoms with van der Waals surface area (Å²) in [5.74, 6) is -0.800. The number of nitrogens with one attached hydrogen (secondary N) is 1. The monoisotopic (exact) mass is 319 g/mol. The Balaban J connectivity index is 2.17. The molecule has 0 spiro atoms. The summed E-state index contributed by atoms with van der Waals surface area (Å²) in [7, 11) is -3.13. The van der Waals surface area contributed by atoms with Crippen LogP contribution < -0.4 is 5.32 Å². The zero-order chi connectivity index (χ0) is 14.9. The molecule has 0 radical (unpaired) electrons. The molecule has 8 nitrogen and oxygen atoms in total. The first-order valence-corrected chi connectivity index (χ1v) is 7.79. The van der Waals surface area contributed by atoms with Crippen LogP contribution in [0.3, 0.4) is 0 Å². The quantitative estimate of drug-likeness (QED) is 0.494. The summed E-state index contributed by atoms with van der Waals surface area (Å²) in [6.45, 7) is 0. The molecule has 0 aliphatic carbocycles. The van der Waals surface area contributed by atoms with Crippen LogP contribution in [0.2, 0.25) is 5.15 Å². The van der Waals surface area contributed by atoms with Gasteiger partial charge in [-0.05, 0) is 6.42 Å². The number of carbonyl (C=O) groups excluding carboxylic acids is 1. The first kappa shape index (κ1) is 14.7. The van der Waals surface area contributed by atoms with Crippen molar-refractivity contribution in [3.05, 3.63) is 33.1 Å². The van der Waals surface area contributed by atoms with Gasteiger partial charge in [-0.2, -0.15) is 0 Å². The van der Waals surface area contributed by atoms with Crippen LogP contribution in [0.1, 0.15) is 16.8 Å². The van der Waals surface area contributed by atoms with Crippen LogP contribution in [0.15, 0.2) is 12.3 Å². The fourth-order valence-corrected chi connectivity index (χ4v) is 3.73. The Morgan fingerprint density at radius 1 is 1.55 bits per heavy atom. The van der Waals surface area contributed by atoms with E-state index in [9.17, 15) is 23.3 Å². The van der Waals surface area contributed by atoms with Gasteiger partial charge >= 0.3 is 0 Å². The van der Waals surface area contributed by atoms with Gasteiger partial charge in [0.25, 0.3) is 11.6 Å². The molecule has 108 valence electrons. The number of nitrogens with zero attached hydrogens (tertiary/aromatic N) is 2. The smallest absolute Gasteiger partial charge is 0.288 e. The summed E-state index contributed by atoms with van der Waals surface area (Å²) in [5, 5.41) is 12.9. The van der Waals surface area contributed by atoms with Crippen molar-refractivity contribution < 1.29 is 18.1 Å². The highest BCUT2D eigenvalue weighted by molar-refractivity contribution is 7.91. The highest BCUT2D eigenvalue weighted by atomic mass is 35.5. The summed E-state index contributed by atoms with van der Waals surface area (Å²) in [6, 6.07) is 0.497. The van der Waals surface area contributed by atoms with Gasteiger partial charge in [-0.15, -0.1) is 0 Å². The maximum atomic E-state index is 12.0. The lowest BCUT2D eigenvalue weighted by Crippen LogP contribution is -2.35. The Bertz CT molecular complexity index is 675. The molecule has 1 fully saturated rings. The van der Waals surface area contributed by atoms with Crippen LogP contribution in [-0.4, -0.2) is 41.8 Å². The summed E-state index contributed by atoms with van der Waals surface area (Å²) in [4.78, 5) is 25.5. The number of sulfone groups is 1. The molecule has 0 bridgehead atoms. The third kappa shape index (κ3) is 3.23. The van der Waals surface area contributed by atoms with Gasteiger partial charge in [0.1, 0.15) is 11.3 Å². The van der Waals surface area contributed by atoms with Crippen molar-refractivity contribution in [2.45, 2.75) is 12.5 Å². The first-order chi connectivity index (χ1) is 9.28. The van der Waals surface area contributed by atoms with Crippen LogP contribution in [0.4, 0.5) is 5.69 Å². The average Bonchev–Trinajstić information content (AvgIpc) is 2.68. The fourth-order valence-electron chi connectivity index (χ4n) is 1.87. The normalized spacial score (nSPS) is 20.6. The summed E-state index contributed by atoms with van der Waals surface area (Å²) >= 11 is 5.72. The van der Waals surface area contributed by atoms with Crippen molar-refractivity contribution in [3.63, 3.8) is 0 Å². The summed E-state index contributed by atoms with van der Waals surface area (Å²) in [5.41, 5.74) is -0.510. The number of rotatable bonds is 3. The lowest BCUT2D eigenvalue weighted by molar-refractivity contribution is -0.385. The highest BCUT2D eigenvalue weighted by Gasteiger charge is 2.30. The molecule has 1 aliphatic rings. The van der Waals surface area contributed by atoms with E-state index in [1.54, 1.807) is 0 Å². The third-order valence-electron chi connectivity index (χ3n) is 2.85. The molecule has 1 atom stereocenters. The third-order valence-corrected chi connectivity index (χ3v) is 4.92. The second kappa shape index (κ2) is 5.33. The Morgan fingerprint density at radius 2 is 2.25 bits per heavy atom. The van der Waals surface area contributed by atoms with E-state index >= 15 is 0 Å². The fraction of sp³-hybridized carbons (Fsp3) is 0.400. The molecule has 1 aliphatic heterocycles. The molecule has 1 saturated heterocycles. The zero-order valence-corrected chi connectivity index (χ0v) is 11.6. The molecule has 1 N–H and O–H groups in total. The van der Waals surface area contributed by atoms with Gasteiger partial charge in [0.15, 0.2) is 9.84 Å². The molecule has 0 saturated carbocycles. The van der Waals surface area contributed by atoms with E-state index in [2.05, 4.69) is 10.3 Å². The minimum Gasteiger partial charge on any atom is -0.348 e. The minimum atomic E-state index is -3.13. The van der Waals surface area contributed by atoms with Gasteiger partial charge in [-0.1, -0.05) is 11.6 Å². The maximum Gasteiger partial charge on any atom is 0.288 e. The van der Waals surface area contributed by atoms with Crippen LogP contribution in [0.5, 0.6) is 0 Å². The van der Waals surface area contributed by atoms with E-state index in [1.807, 2.05) is 0 Å². The van der Waals surface area contributed by atoms with Gasteiger partial charge in [-0.3, -0.25) is 14.9 Å². The first-order valence-electron chi connectivity index (χ1n) is 5.60. The Labute approximate surface area is 119 Å². The second-order valence-corrected chi connectivity index (χ2v) is 6.95. The zero-order valence-electron chi connectivity index (χ0n) is 10.1. The lowest BCUT2D eigenvalue weighted by atomic mass is 10.2. The van der Waals surface area contributed by atoms with Crippen LogP contribution in [0.25, 0.3) is 0 Å². The molecule has 0 aromatic carbocycles. The summed E-state index contributed by atoms with van der Waals surface area (Å²) < 4.78 is 22.6. The van der Waals surface area contributed by atoms with Gasteiger partial charge in [0.05, 0.1) is 22.0 Å². The number of aromatic nitrogens is 1. The molecular weight excluding hydrogens is 310 g/mol.